The molecule has 0 atom stereocenters. The first-order valence-corrected chi connectivity index (χ1v) is 5.08. The average Bonchev–Trinajstić information content (AvgIpc) is 2.43. The van der Waals surface area contributed by atoms with Gasteiger partial charge in [0, 0.05) is 11.6 Å². The molecule has 5 nitrogen and oxygen atoms in total. The third kappa shape index (κ3) is 3.01. The maximum Gasteiger partial charge on any atom is 0.348 e. The Morgan fingerprint density at radius 3 is 2.50 bits per heavy atom. The summed E-state index contributed by atoms with van der Waals surface area (Å²) in [5, 5.41) is 8.87. The molecule has 0 spiro atoms. The van der Waals surface area contributed by atoms with Crippen molar-refractivity contribution in [1.29, 1.82) is 5.26 Å². The lowest BCUT2D eigenvalue weighted by molar-refractivity contribution is -0.135. The van der Waals surface area contributed by atoms with Gasteiger partial charge in [0.05, 0.1) is 21.3 Å². The van der Waals surface area contributed by atoms with Crippen molar-refractivity contribution in [2.45, 2.75) is 0 Å². The van der Waals surface area contributed by atoms with Crippen LogP contribution in [-0.4, -0.2) is 27.3 Å². The highest BCUT2D eigenvalue weighted by Gasteiger charge is 2.11. The van der Waals surface area contributed by atoms with Crippen LogP contribution in [0, 0.1) is 11.3 Å². The summed E-state index contributed by atoms with van der Waals surface area (Å²) in [7, 11) is 4.26. The van der Waals surface area contributed by atoms with Crippen LogP contribution in [0.2, 0.25) is 0 Å². The first-order chi connectivity index (χ1) is 8.65. The summed E-state index contributed by atoms with van der Waals surface area (Å²) in [5.41, 5.74) is 0.501. The second kappa shape index (κ2) is 6.30. The molecule has 5 heteroatoms. The summed E-state index contributed by atoms with van der Waals surface area (Å²) in [6, 6.07) is 6.85. The molecule has 0 aromatic heterocycles. The standard InChI is InChI=1S/C13H13NO4/c1-16-11-5-4-9(12(7-11)17-2)6-10(8-14)13(15)18-3/h4-7H,1-3H3/b10-6-. The smallest absolute Gasteiger partial charge is 0.348 e. The van der Waals surface area contributed by atoms with Crippen molar-refractivity contribution in [3.05, 3.63) is 29.3 Å². The molecule has 1 aromatic carbocycles. The number of nitriles is 1. The zero-order valence-corrected chi connectivity index (χ0v) is 10.4. The van der Waals surface area contributed by atoms with Crippen molar-refractivity contribution in [2.75, 3.05) is 21.3 Å². The van der Waals surface area contributed by atoms with E-state index in [2.05, 4.69) is 4.74 Å². The van der Waals surface area contributed by atoms with Gasteiger partial charge in [0.25, 0.3) is 0 Å². The summed E-state index contributed by atoms with van der Waals surface area (Å²) in [5.74, 6) is 0.446. The van der Waals surface area contributed by atoms with E-state index in [0.29, 0.717) is 17.1 Å². The number of rotatable bonds is 4. The third-order valence-corrected chi connectivity index (χ3v) is 2.27. The van der Waals surface area contributed by atoms with Gasteiger partial charge >= 0.3 is 5.97 Å². The largest absolute Gasteiger partial charge is 0.497 e. The second-order valence-corrected chi connectivity index (χ2v) is 3.27. The van der Waals surface area contributed by atoms with Gasteiger partial charge in [0.1, 0.15) is 23.1 Å². The van der Waals surface area contributed by atoms with Crippen LogP contribution in [-0.2, 0) is 9.53 Å². The van der Waals surface area contributed by atoms with Crippen LogP contribution in [0.5, 0.6) is 11.5 Å². The van der Waals surface area contributed by atoms with Crippen LogP contribution >= 0.6 is 0 Å². The first kappa shape index (κ1) is 13.6. The predicted octanol–water partition coefficient (Wildman–Crippen LogP) is 1.78. The molecule has 0 aliphatic rings. The molecule has 0 unspecified atom stereocenters. The summed E-state index contributed by atoms with van der Waals surface area (Å²) >= 11 is 0. The van der Waals surface area contributed by atoms with Gasteiger partial charge < -0.3 is 14.2 Å². The molecular formula is C13H13NO4. The molecule has 0 heterocycles. The highest BCUT2D eigenvalue weighted by Crippen LogP contribution is 2.26. The fraction of sp³-hybridized carbons (Fsp3) is 0.231. The fourth-order valence-electron chi connectivity index (χ4n) is 1.34. The van der Waals surface area contributed by atoms with Crippen LogP contribution in [0.15, 0.2) is 23.8 Å². The molecule has 0 aliphatic heterocycles. The molecule has 18 heavy (non-hydrogen) atoms. The molecule has 0 N–H and O–H groups in total. The van der Waals surface area contributed by atoms with E-state index in [0.717, 1.165) is 0 Å². The van der Waals surface area contributed by atoms with Crippen molar-refractivity contribution in [3.8, 4) is 17.6 Å². The lowest BCUT2D eigenvalue weighted by Gasteiger charge is -2.07. The summed E-state index contributed by atoms with van der Waals surface area (Å²) in [4.78, 5) is 11.3. The van der Waals surface area contributed by atoms with Crippen molar-refractivity contribution in [2.24, 2.45) is 0 Å². The number of carbonyl (C=O) groups is 1. The molecular weight excluding hydrogens is 234 g/mol. The van der Waals surface area contributed by atoms with Gasteiger partial charge in [-0.05, 0) is 18.2 Å². The Kier molecular flexibility index (Phi) is 4.76. The maximum absolute atomic E-state index is 11.3. The van der Waals surface area contributed by atoms with Gasteiger partial charge in [-0.3, -0.25) is 0 Å². The first-order valence-electron chi connectivity index (χ1n) is 5.08. The number of methoxy groups -OCH3 is 3. The Bertz CT molecular complexity index is 514. The monoisotopic (exact) mass is 247 g/mol. The van der Waals surface area contributed by atoms with E-state index in [9.17, 15) is 4.79 Å². The normalized spacial score (nSPS) is 10.4. The van der Waals surface area contributed by atoms with E-state index in [1.165, 1.54) is 20.3 Å². The van der Waals surface area contributed by atoms with Gasteiger partial charge in [-0.25, -0.2) is 4.79 Å². The minimum atomic E-state index is -0.685. The number of hydrogen-bond acceptors (Lipinski definition) is 5. The number of benzene rings is 1. The number of carbonyl (C=O) groups excluding carboxylic acids is 1. The lowest BCUT2D eigenvalue weighted by Crippen LogP contribution is -2.02. The van der Waals surface area contributed by atoms with Crippen LogP contribution in [0.3, 0.4) is 0 Å². The van der Waals surface area contributed by atoms with E-state index >= 15 is 0 Å². The van der Waals surface area contributed by atoms with Crippen molar-refractivity contribution in [3.63, 3.8) is 0 Å². The number of hydrogen-bond donors (Lipinski definition) is 0. The highest BCUT2D eigenvalue weighted by molar-refractivity contribution is 5.98. The molecule has 0 saturated heterocycles. The molecule has 0 saturated carbocycles. The minimum Gasteiger partial charge on any atom is -0.497 e. The molecule has 0 aliphatic carbocycles. The Hall–Kier alpha value is -2.48. The Labute approximate surface area is 105 Å². The van der Waals surface area contributed by atoms with E-state index in [1.54, 1.807) is 31.4 Å². The molecule has 0 bridgehead atoms. The Morgan fingerprint density at radius 2 is 2.00 bits per heavy atom. The molecule has 94 valence electrons. The average molecular weight is 247 g/mol. The maximum atomic E-state index is 11.3. The van der Waals surface area contributed by atoms with Gasteiger partial charge in [-0.2, -0.15) is 5.26 Å². The minimum absolute atomic E-state index is 0.0963. The summed E-state index contributed by atoms with van der Waals surface area (Å²) in [6.45, 7) is 0. The quantitative estimate of drug-likeness (QED) is 0.461. The van der Waals surface area contributed by atoms with Gasteiger partial charge in [0.2, 0.25) is 0 Å². The zero-order chi connectivity index (χ0) is 13.5. The zero-order valence-electron chi connectivity index (χ0n) is 10.4. The van der Waals surface area contributed by atoms with E-state index in [4.69, 9.17) is 14.7 Å². The number of ether oxygens (including phenoxy) is 3. The van der Waals surface area contributed by atoms with E-state index in [-0.39, 0.29) is 5.57 Å². The van der Waals surface area contributed by atoms with Crippen LogP contribution in [0.25, 0.3) is 6.08 Å². The molecule has 1 aromatic rings. The fourth-order valence-corrected chi connectivity index (χ4v) is 1.34. The molecule has 0 amide bonds. The lowest BCUT2D eigenvalue weighted by atomic mass is 10.1. The molecule has 0 fully saturated rings. The van der Waals surface area contributed by atoms with Crippen LogP contribution in [0.1, 0.15) is 5.56 Å². The topological polar surface area (TPSA) is 68.6 Å². The predicted molar refractivity (Wildman–Crippen MR) is 65.2 cm³/mol. The van der Waals surface area contributed by atoms with Crippen LogP contribution < -0.4 is 9.47 Å². The number of esters is 1. The summed E-state index contributed by atoms with van der Waals surface area (Å²) < 4.78 is 14.7. The van der Waals surface area contributed by atoms with Crippen molar-refractivity contribution >= 4 is 12.0 Å². The molecule has 0 radical (unpaired) electrons. The number of nitrogens with zero attached hydrogens (tertiary/aromatic N) is 1. The van der Waals surface area contributed by atoms with Gasteiger partial charge in [-0.1, -0.05) is 0 Å². The highest BCUT2D eigenvalue weighted by atomic mass is 16.5. The Morgan fingerprint density at radius 1 is 1.28 bits per heavy atom. The van der Waals surface area contributed by atoms with Crippen molar-refractivity contribution < 1.29 is 19.0 Å². The van der Waals surface area contributed by atoms with E-state index in [1.807, 2.05) is 0 Å². The summed E-state index contributed by atoms with van der Waals surface area (Å²) in [6.07, 6.45) is 1.41. The SMILES string of the molecule is COC(=O)/C(C#N)=C\c1ccc(OC)cc1OC. The van der Waals surface area contributed by atoms with Crippen molar-refractivity contribution in [1.82, 2.24) is 0 Å². The second-order valence-electron chi connectivity index (χ2n) is 3.27. The van der Waals surface area contributed by atoms with Crippen LogP contribution in [0.4, 0.5) is 0 Å². The third-order valence-electron chi connectivity index (χ3n) is 2.27. The van der Waals surface area contributed by atoms with Gasteiger partial charge in [0.15, 0.2) is 0 Å². The van der Waals surface area contributed by atoms with E-state index < -0.39 is 5.97 Å². The molecule has 1 rings (SSSR count). The van der Waals surface area contributed by atoms with Gasteiger partial charge in [-0.15, -0.1) is 0 Å². The Balaban J connectivity index is 3.21.